The van der Waals surface area contributed by atoms with E-state index in [4.69, 9.17) is 10.1 Å². The number of rotatable bonds is 7. The average molecular weight is 553 g/mol. The molecule has 17 heteroatoms. The molecule has 2 aliphatic heterocycles. The summed E-state index contributed by atoms with van der Waals surface area (Å²) in [6, 6.07) is 0. The summed E-state index contributed by atoms with van der Waals surface area (Å²) < 4.78 is 71.1. The predicted molar refractivity (Wildman–Crippen MR) is 113 cm³/mol. The summed E-state index contributed by atoms with van der Waals surface area (Å²) in [5.41, 5.74) is 0. The first kappa shape index (κ1) is 38.5. The smallest absolute Gasteiger partial charge is 0.444 e. The summed E-state index contributed by atoms with van der Waals surface area (Å²) >= 11 is 0. The van der Waals surface area contributed by atoms with Gasteiger partial charge in [0.1, 0.15) is 11.6 Å². The van der Waals surface area contributed by atoms with Gasteiger partial charge in [0.05, 0.1) is 18.1 Å². The second kappa shape index (κ2) is 20.1. The molecule has 0 amide bonds. The third kappa shape index (κ3) is 20.8. The van der Waals surface area contributed by atoms with Crippen LogP contribution in [-0.2, 0) is 9.59 Å². The van der Waals surface area contributed by atoms with Gasteiger partial charge < -0.3 is 15.4 Å². The number of alkyl halides is 6. The molecule has 0 aromatic heterocycles. The van der Waals surface area contributed by atoms with Crippen LogP contribution in [0.1, 0.15) is 51.4 Å². The number of halogens is 7. The van der Waals surface area contributed by atoms with Crippen LogP contribution in [0.4, 0.5) is 26.3 Å². The Morgan fingerprint density at radius 2 is 1.17 bits per heavy atom. The summed E-state index contributed by atoms with van der Waals surface area (Å²) in [6.45, 7) is 2.18. The van der Waals surface area contributed by atoms with E-state index in [0.29, 0.717) is 38.8 Å². The van der Waals surface area contributed by atoms with Crippen molar-refractivity contribution in [2.45, 2.75) is 63.7 Å². The van der Waals surface area contributed by atoms with E-state index in [1.165, 1.54) is 5.01 Å². The van der Waals surface area contributed by atoms with Crippen molar-refractivity contribution in [2.24, 2.45) is 22.5 Å². The zero-order valence-electron chi connectivity index (χ0n) is 19.2. The number of ketones is 2. The zero-order valence-corrected chi connectivity index (χ0v) is 22.0. The average Bonchev–Trinajstić information content (AvgIpc) is 2.76. The molecular formula is C18H28ClF6N4NaO5. The number of carbonyl (C=O) groups is 2. The molecule has 9 nitrogen and oxygen atoms in total. The van der Waals surface area contributed by atoms with Gasteiger partial charge in [-0.15, -0.1) is 22.7 Å². The molecule has 0 spiro atoms. The molecule has 200 valence electrons. The summed E-state index contributed by atoms with van der Waals surface area (Å²) in [7, 11) is 0. The molecule has 0 aromatic carbocycles. The van der Waals surface area contributed by atoms with Crippen LogP contribution in [0.25, 0.3) is 0 Å². The van der Waals surface area contributed by atoms with Crippen molar-refractivity contribution >= 4 is 24.0 Å². The Bertz CT molecular complexity index is 617. The van der Waals surface area contributed by atoms with Gasteiger partial charge in [-0.1, -0.05) is 0 Å². The molecule has 0 radical (unpaired) electrons. The third-order valence-electron chi connectivity index (χ3n) is 5.15. The van der Waals surface area contributed by atoms with E-state index in [1.807, 2.05) is 0 Å². The van der Waals surface area contributed by atoms with Crippen LogP contribution in [-0.4, -0.2) is 55.1 Å². The van der Waals surface area contributed by atoms with Crippen LogP contribution in [0.2, 0.25) is 0 Å². The van der Waals surface area contributed by atoms with Gasteiger partial charge in [0.15, 0.2) is 0 Å². The molecule has 0 bridgehead atoms. The molecule has 0 unspecified atom stereocenters. The Kier molecular flexibility index (Phi) is 22.1. The molecule has 2 saturated heterocycles. The zero-order chi connectivity index (χ0) is 25.5. The predicted octanol–water partition coefficient (Wildman–Crippen LogP) is 1.87. The van der Waals surface area contributed by atoms with E-state index in [9.17, 15) is 40.8 Å². The van der Waals surface area contributed by atoms with Crippen LogP contribution < -0.4 is 34.9 Å². The van der Waals surface area contributed by atoms with Crippen molar-refractivity contribution in [1.82, 2.24) is 10.3 Å². The van der Waals surface area contributed by atoms with Crippen LogP contribution in [0.3, 0.4) is 0 Å². The van der Waals surface area contributed by atoms with Crippen molar-refractivity contribution in [3.8, 4) is 0 Å². The molecule has 0 saturated carbocycles. The molecule has 0 atom stereocenters. The largest absolute Gasteiger partial charge is 1.00 e. The van der Waals surface area contributed by atoms with E-state index in [-0.39, 0.29) is 71.8 Å². The molecule has 2 rings (SSSR count). The van der Waals surface area contributed by atoms with Gasteiger partial charge >= 0.3 is 41.9 Å². The summed E-state index contributed by atoms with van der Waals surface area (Å²) in [5, 5.41) is 16.1. The minimum Gasteiger partial charge on any atom is -0.444 e. The van der Waals surface area contributed by atoms with E-state index >= 15 is 0 Å². The second-order valence-corrected chi connectivity index (χ2v) is 7.57. The Labute approximate surface area is 226 Å². The number of nitrogens with zero attached hydrogens (tertiary/aromatic N) is 3. The fourth-order valence-electron chi connectivity index (χ4n) is 3.35. The van der Waals surface area contributed by atoms with Gasteiger partial charge in [0.2, 0.25) is 0 Å². The molecule has 2 aliphatic rings. The summed E-state index contributed by atoms with van der Waals surface area (Å²) in [6.07, 6.45) is -9.13. The minimum atomic E-state index is -4.28. The molecule has 2 fully saturated rings. The van der Waals surface area contributed by atoms with E-state index < -0.39 is 31.6 Å². The first-order chi connectivity index (χ1) is 15.3. The van der Waals surface area contributed by atoms with Crippen LogP contribution in [0.5, 0.6) is 0 Å². The first-order valence-corrected chi connectivity index (χ1v) is 10.3. The SMILES string of the molecule is Cl.O=C(CCC(F)(F)F)C1CCNCC1.O=NN1CCC(C(=O)CCC(F)(F)F)CC1.O=N[O-].[Na+]. The minimum absolute atomic E-state index is 0. The van der Waals surface area contributed by atoms with Gasteiger partial charge in [-0.3, -0.25) is 14.6 Å². The Hall–Kier alpha value is -1.03. The van der Waals surface area contributed by atoms with Crippen molar-refractivity contribution < 1.29 is 65.5 Å². The van der Waals surface area contributed by atoms with E-state index in [1.54, 1.807) is 0 Å². The molecule has 0 aliphatic carbocycles. The van der Waals surface area contributed by atoms with Crippen molar-refractivity contribution in [3.05, 3.63) is 15.0 Å². The van der Waals surface area contributed by atoms with Crippen molar-refractivity contribution in [1.29, 1.82) is 0 Å². The Morgan fingerprint density at radius 3 is 1.49 bits per heavy atom. The standard InChI is InChI=1S/C9H13F3N2O2.C9H14F3NO.ClH.HNO2.Na/c10-9(11,12)4-1-8(15)7-2-5-14(13-16)6-3-7;10-9(11,12)4-1-8(14)7-2-5-13-6-3-7;;2-1-3;/h7H,1-6H2;7,13H,1-6H2;1H;(H,2,3);/q;;;;+1/p-1. The molecule has 0 aromatic rings. The van der Waals surface area contributed by atoms with Crippen molar-refractivity contribution in [3.63, 3.8) is 0 Å². The van der Waals surface area contributed by atoms with Gasteiger partial charge in [0, 0.05) is 37.8 Å². The maximum atomic E-state index is 11.9. The summed E-state index contributed by atoms with van der Waals surface area (Å²) in [5.74, 6) is -1.09. The fraction of sp³-hybridized carbons (Fsp3) is 0.889. The first-order valence-electron chi connectivity index (χ1n) is 10.3. The third-order valence-corrected chi connectivity index (χ3v) is 5.15. The number of nitroso groups, excluding NO2 is 1. The van der Waals surface area contributed by atoms with Crippen LogP contribution in [0, 0.1) is 26.9 Å². The number of Topliss-reactive ketones (excluding diaryl/α,β-unsaturated/α-hetero) is 2. The van der Waals surface area contributed by atoms with Gasteiger partial charge in [-0.05, 0) is 38.8 Å². The van der Waals surface area contributed by atoms with Gasteiger partial charge in [-0.2, -0.15) is 26.3 Å². The monoisotopic (exact) mass is 552 g/mol. The van der Waals surface area contributed by atoms with Crippen molar-refractivity contribution in [2.75, 3.05) is 26.2 Å². The molecule has 35 heavy (non-hydrogen) atoms. The van der Waals surface area contributed by atoms with Crippen LogP contribution >= 0.6 is 12.4 Å². The van der Waals surface area contributed by atoms with Gasteiger partial charge in [-0.25, -0.2) is 0 Å². The van der Waals surface area contributed by atoms with E-state index in [0.717, 1.165) is 18.4 Å². The quantitative estimate of drug-likeness (QED) is 0.221. The normalized spacial score (nSPS) is 16.7. The number of hydrogen-bond donors (Lipinski definition) is 1. The topological polar surface area (TPSA) is 131 Å². The molecular weight excluding hydrogens is 525 g/mol. The van der Waals surface area contributed by atoms with Gasteiger partial charge in [0.25, 0.3) is 0 Å². The molecule has 1 N–H and O–H groups in total. The Balaban J connectivity index is -0.000000503. The maximum Gasteiger partial charge on any atom is 1.00 e. The fourth-order valence-corrected chi connectivity index (χ4v) is 3.35. The number of nitrogens with one attached hydrogen (secondary N) is 1. The maximum absolute atomic E-state index is 11.9. The summed E-state index contributed by atoms with van der Waals surface area (Å²) in [4.78, 5) is 40.9. The second-order valence-electron chi connectivity index (χ2n) is 7.57. The Morgan fingerprint density at radius 1 is 0.829 bits per heavy atom. The number of piperidine rings is 2. The van der Waals surface area contributed by atoms with Crippen LogP contribution in [0.15, 0.2) is 10.6 Å². The molecule has 2 heterocycles. The number of hydrogen-bond acceptors (Lipinski definition) is 8. The van der Waals surface area contributed by atoms with E-state index in [2.05, 4.69) is 10.6 Å². The number of carbonyl (C=O) groups excluding carboxylic acids is 2.